The van der Waals surface area contributed by atoms with Gasteiger partial charge in [0.25, 0.3) is 0 Å². The second-order valence-electron chi connectivity index (χ2n) is 5.52. The molecule has 2 N–H and O–H groups in total. The van der Waals surface area contributed by atoms with Crippen molar-refractivity contribution < 1.29 is 9.90 Å². The first-order chi connectivity index (χ1) is 8.10. The summed E-state index contributed by atoms with van der Waals surface area (Å²) in [6.07, 6.45) is 7.00. The van der Waals surface area contributed by atoms with Gasteiger partial charge in [0.2, 0.25) is 5.91 Å². The van der Waals surface area contributed by atoms with Gasteiger partial charge in [0.1, 0.15) is 5.41 Å². The maximum Gasteiger partial charge on any atom is 0.240 e. The molecule has 94 valence electrons. The van der Waals surface area contributed by atoms with Gasteiger partial charge in [-0.3, -0.25) is 4.79 Å². The van der Waals surface area contributed by atoms with E-state index >= 15 is 0 Å². The van der Waals surface area contributed by atoms with E-state index in [0.717, 1.165) is 32.1 Å². The van der Waals surface area contributed by atoms with E-state index in [1.165, 1.54) is 6.42 Å². The van der Waals surface area contributed by atoms with Crippen molar-refractivity contribution in [2.45, 2.75) is 57.0 Å². The Morgan fingerprint density at radius 3 is 2.29 bits per heavy atom. The number of aliphatic hydroxyl groups is 1. The van der Waals surface area contributed by atoms with Gasteiger partial charge in [-0.25, -0.2) is 0 Å². The SMILES string of the molecule is N#CC1(C(=O)NCC2(O)CCCCC2)CCC1. The zero-order valence-corrected chi connectivity index (χ0v) is 10.2. The van der Waals surface area contributed by atoms with Crippen molar-refractivity contribution in [3.63, 3.8) is 0 Å². The van der Waals surface area contributed by atoms with Crippen LogP contribution >= 0.6 is 0 Å². The van der Waals surface area contributed by atoms with Gasteiger partial charge in [0, 0.05) is 6.54 Å². The molecule has 0 heterocycles. The van der Waals surface area contributed by atoms with Gasteiger partial charge in [0.05, 0.1) is 11.7 Å². The van der Waals surface area contributed by atoms with Crippen LogP contribution in [0, 0.1) is 16.7 Å². The monoisotopic (exact) mass is 236 g/mol. The number of rotatable bonds is 3. The molecule has 0 atom stereocenters. The number of hydrogen-bond acceptors (Lipinski definition) is 3. The number of nitrogens with zero attached hydrogens (tertiary/aromatic N) is 1. The Hall–Kier alpha value is -1.08. The molecule has 2 rings (SSSR count). The highest BCUT2D eigenvalue weighted by atomic mass is 16.3. The third kappa shape index (κ3) is 2.44. The van der Waals surface area contributed by atoms with Crippen molar-refractivity contribution >= 4 is 5.91 Å². The predicted octanol–water partition coefficient (Wildman–Crippen LogP) is 1.49. The minimum absolute atomic E-state index is 0.190. The van der Waals surface area contributed by atoms with Gasteiger partial charge >= 0.3 is 0 Å². The molecule has 0 bridgehead atoms. The normalized spacial score (nSPS) is 25.4. The van der Waals surface area contributed by atoms with Crippen LogP contribution < -0.4 is 5.32 Å². The number of carbonyl (C=O) groups excluding carboxylic acids is 1. The van der Waals surface area contributed by atoms with E-state index in [4.69, 9.17) is 5.26 Å². The number of hydrogen-bond donors (Lipinski definition) is 2. The fourth-order valence-electron chi connectivity index (χ4n) is 2.72. The van der Waals surface area contributed by atoms with Crippen molar-refractivity contribution in [2.24, 2.45) is 5.41 Å². The molecule has 0 unspecified atom stereocenters. The lowest BCUT2D eigenvalue weighted by Gasteiger charge is -2.36. The molecule has 2 fully saturated rings. The summed E-state index contributed by atoms with van der Waals surface area (Å²) in [5, 5.41) is 22.1. The van der Waals surface area contributed by atoms with Crippen LogP contribution in [-0.2, 0) is 4.79 Å². The van der Waals surface area contributed by atoms with Gasteiger partial charge in [-0.2, -0.15) is 5.26 Å². The van der Waals surface area contributed by atoms with Gasteiger partial charge < -0.3 is 10.4 Å². The summed E-state index contributed by atoms with van der Waals surface area (Å²) in [7, 11) is 0. The third-order valence-electron chi connectivity index (χ3n) is 4.22. The quantitative estimate of drug-likeness (QED) is 0.779. The fourth-order valence-corrected chi connectivity index (χ4v) is 2.72. The number of nitriles is 1. The zero-order valence-electron chi connectivity index (χ0n) is 10.2. The van der Waals surface area contributed by atoms with Crippen LogP contribution in [0.5, 0.6) is 0 Å². The molecule has 0 saturated heterocycles. The molecule has 1 amide bonds. The first kappa shape index (κ1) is 12.4. The van der Waals surface area contributed by atoms with Gasteiger partial charge in [0.15, 0.2) is 0 Å². The summed E-state index contributed by atoms with van der Waals surface area (Å²) in [5.41, 5.74) is -1.54. The number of amides is 1. The Balaban J connectivity index is 1.85. The minimum Gasteiger partial charge on any atom is -0.388 e. The smallest absolute Gasteiger partial charge is 0.240 e. The van der Waals surface area contributed by atoms with Crippen molar-refractivity contribution in [1.82, 2.24) is 5.32 Å². The van der Waals surface area contributed by atoms with Crippen molar-refractivity contribution in [3.05, 3.63) is 0 Å². The average Bonchev–Trinajstić information content (AvgIpc) is 2.27. The standard InChI is InChI=1S/C13H20N2O2/c14-9-12(5-4-6-12)11(16)15-10-13(17)7-2-1-3-8-13/h17H,1-8,10H2,(H,15,16). The van der Waals surface area contributed by atoms with Crippen molar-refractivity contribution in [1.29, 1.82) is 5.26 Å². The highest BCUT2D eigenvalue weighted by Crippen LogP contribution is 2.40. The number of nitrogens with one attached hydrogen (secondary N) is 1. The molecule has 17 heavy (non-hydrogen) atoms. The molecule has 2 saturated carbocycles. The van der Waals surface area contributed by atoms with Crippen molar-refractivity contribution in [2.75, 3.05) is 6.54 Å². The van der Waals surface area contributed by atoms with E-state index in [0.29, 0.717) is 19.4 Å². The van der Waals surface area contributed by atoms with Gasteiger partial charge in [-0.1, -0.05) is 19.3 Å². The Bertz CT molecular complexity index is 336. The predicted molar refractivity (Wildman–Crippen MR) is 62.9 cm³/mol. The molecular formula is C13H20N2O2. The molecule has 2 aliphatic carbocycles. The Kier molecular flexibility index (Phi) is 3.39. The van der Waals surface area contributed by atoms with E-state index in [1.54, 1.807) is 0 Å². The van der Waals surface area contributed by atoms with Gasteiger partial charge in [-0.15, -0.1) is 0 Å². The van der Waals surface area contributed by atoms with Crippen LogP contribution in [0.2, 0.25) is 0 Å². The largest absolute Gasteiger partial charge is 0.388 e. The Labute approximate surface area is 102 Å². The maximum atomic E-state index is 11.9. The zero-order chi connectivity index (χ0) is 12.4. The maximum absolute atomic E-state index is 11.9. The summed E-state index contributed by atoms with van der Waals surface area (Å²) in [4.78, 5) is 11.9. The first-order valence-corrected chi connectivity index (χ1v) is 6.52. The van der Waals surface area contributed by atoms with E-state index < -0.39 is 11.0 Å². The molecule has 0 aromatic heterocycles. The second kappa shape index (κ2) is 4.66. The van der Waals surface area contributed by atoms with Crippen molar-refractivity contribution in [3.8, 4) is 6.07 Å². The summed E-state index contributed by atoms with van der Waals surface area (Å²) < 4.78 is 0. The van der Waals surface area contributed by atoms with Crippen LogP contribution in [0.3, 0.4) is 0 Å². The third-order valence-corrected chi connectivity index (χ3v) is 4.22. The average molecular weight is 236 g/mol. The minimum atomic E-state index is -0.801. The molecule has 0 aromatic rings. The Morgan fingerprint density at radius 1 is 1.18 bits per heavy atom. The summed E-state index contributed by atoms with van der Waals surface area (Å²) in [6, 6.07) is 2.12. The van der Waals surface area contributed by atoms with E-state index in [2.05, 4.69) is 11.4 Å². The van der Waals surface area contributed by atoms with Crippen LogP contribution in [0.25, 0.3) is 0 Å². The van der Waals surface area contributed by atoms with Crippen LogP contribution in [0.1, 0.15) is 51.4 Å². The van der Waals surface area contributed by atoms with E-state index in [9.17, 15) is 9.90 Å². The van der Waals surface area contributed by atoms with E-state index in [1.807, 2.05) is 0 Å². The fraction of sp³-hybridized carbons (Fsp3) is 0.846. The van der Waals surface area contributed by atoms with Crippen LogP contribution in [0.4, 0.5) is 0 Å². The molecule has 2 aliphatic rings. The van der Waals surface area contributed by atoms with E-state index in [-0.39, 0.29) is 5.91 Å². The lowest BCUT2D eigenvalue weighted by molar-refractivity contribution is -0.133. The summed E-state index contributed by atoms with van der Waals surface area (Å²) in [6.45, 7) is 0.301. The molecular weight excluding hydrogens is 216 g/mol. The summed E-state index contributed by atoms with van der Waals surface area (Å²) >= 11 is 0. The molecule has 0 aliphatic heterocycles. The Morgan fingerprint density at radius 2 is 1.82 bits per heavy atom. The highest BCUT2D eigenvalue weighted by Gasteiger charge is 2.45. The topological polar surface area (TPSA) is 73.1 Å². The first-order valence-electron chi connectivity index (χ1n) is 6.52. The lowest BCUT2D eigenvalue weighted by atomic mass is 9.69. The second-order valence-corrected chi connectivity index (χ2v) is 5.52. The molecule has 4 nitrogen and oxygen atoms in total. The van der Waals surface area contributed by atoms with Crippen LogP contribution in [-0.4, -0.2) is 23.2 Å². The highest BCUT2D eigenvalue weighted by molar-refractivity contribution is 5.86. The lowest BCUT2D eigenvalue weighted by Crippen LogP contribution is -2.50. The molecule has 0 spiro atoms. The van der Waals surface area contributed by atoms with Crippen LogP contribution in [0.15, 0.2) is 0 Å². The molecule has 4 heteroatoms. The molecule has 0 aromatic carbocycles. The number of carbonyl (C=O) groups is 1. The molecule has 0 radical (unpaired) electrons. The van der Waals surface area contributed by atoms with Gasteiger partial charge in [-0.05, 0) is 32.1 Å². The summed E-state index contributed by atoms with van der Waals surface area (Å²) in [5.74, 6) is -0.190.